The third-order valence-corrected chi connectivity index (χ3v) is 8.01. The van der Waals surface area contributed by atoms with Gasteiger partial charge < -0.3 is 10.4 Å². The number of nitrogens with zero attached hydrogens (tertiary/aromatic N) is 8. The van der Waals surface area contributed by atoms with Crippen LogP contribution >= 0.6 is 23.2 Å². The average molecular weight is 722 g/mol. The van der Waals surface area contributed by atoms with Crippen molar-refractivity contribution in [2.45, 2.75) is 38.4 Å². The summed E-state index contributed by atoms with van der Waals surface area (Å²) in [5.74, 6) is -4.25. The maximum absolute atomic E-state index is 16.0. The standard InChI is InChI=1S/C28H24Cl2FN9O2.C2HF3O2/c1-15-4-3-5-22(19-10-16(8-9-32-19)26-20(35-27(15)41)12-34-38(26)2)39-14-33-25(24(31)28(39)42)18-11-17(29)6-7-21(18)40-13-23(30)36-37-40;3-2(4,5)1(6)7/h6-15,22H,3-5H2,1-2H3,(H,35,41);(H,6,7)/t15-,22+;/m1./s1. The first kappa shape index (κ1) is 35.2. The second-order valence-electron chi connectivity index (χ2n) is 10.9. The molecule has 19 heteroatoms. The number of nitrogens with one attached hydrogen (secondary N) is 1. The first-order chi connectivity index (χ1) is 23.1. The number of halogens is 6. The van der Waals surface area contributed by atoms with Crippen molar-refractivity contribution in [1.29, 1.82) is 0 Å². The Bertz CT molecular complexity index is 2100. The van der Waals surface area contributed by atoms with Crippen LogP contribution < -0.4 is 10.9 Å². The van der Waals surface area contributed by atoms with Crippen molar-refractivity contribution in [3.05, 3.63) is 87.3 Å². The zero-order valence-corrected chi connectivity index (χ0v) is 27.0. The third kappa shape index (κ3) is 7.62. The Labute approximate surface area is 284 Å². The summed E-state index contributed by atoms with van der Waals surface area (Å²) >= 11 is 12.2. The molecule has 0 saturated carbocycles. The molecule has 13 nitrogen and oxygen atoms in total. The number of amides is 1. The molecular formula is C30H25Cl2F4N9O4. The first-order valence-electron chi connectivity index (χ1n) is 14.4. The molecule has 0 spiro atoms. The van der Waals surface area contributed by atoms with E-state index in [1.54, 1.807) is 42.3 Å². The van der Waals surface area contributed by atoms with Crippen LogP contribution in [-0.4, -0.2) is 62.5 Å². The van der Waals surface area contributed by atoms with E-state index >= 15 is 4.39 Å². The summed E-state index contributed by atoms with van der Waals surface area (Å²) in [7, 11) is 1.78. The highest BCUT2D eigenvalue weighted by molar-refractivity contribution is 6.31. The predicted octanol–water partition coefficient (Wildman–Crippen LogP) is 5.71. The van der Waals surface area contributed by atoms with E-state index in [0.29, 0.717) is 47.0 Å². The summed E-state index contributed by atoms with van der Waals surface area (Å²) in [6, 6.07) is 7.69. The molecule has 2 bridgehead atoms. The van der Waals surface area contributed by atoms with Gasteiger partial charge in [0.05, 0.1) is 47.5 Å². The number of carbonyl (C=O) groups excluding carboxylic acids is 1. The number of pyridine rings is 1. The van der Waals surface area contributed by atoms with Gasteiger partial charge in [0.2, 0.25) is 11.7 Å². The fourth-order valence-electron chi connectivity index (χ4n) is 5.20. The van der Waals surface area contributed by atoms with Crippen LogP contribution in [0.25, 0.3) is 28.2 Å². The number of benzene rings is 1. The van der Waals surface area contributed by atoms with E-state index in [1.165, 1.54) is 27.8 Å². The Hall–Kier alpha value is -5.16. The van der Waals surface area contributed by atoms with Gasteiger partial charge in [-0.25, -0.2) is 14.5 Å². The molecule has 4 aromatic heterocycles. The molecular weight excluding hydrogens is 697 g/mol. The number of aryl methyl sites for hydroxylation is 1. The van der Waals surface area contributed by atoms with Crippen molar-refractivity contribution in [3.8, 4) is 28.2 Å². The predicted molar refractivity (Wildman–Crippen MR) is 169 cm³/mol. The van der Waals surface area contributed by atoms with Crippen molar-refractivity contribution in [1.82, 2.24) is 39.3 Å². The zero-order chi connectivity index (χ0) is 35.6. The number of aliphatic carboxylic acids is 1. The van der Waals surface area contributed by atoms with Gasteiger partial charge in [0.15, 0.2) is 5.15 Å². The fraction of sp³-hybridized carbons (Fsp3) is 0.267. The van der Waals surface area contributed by atoms with Gasteiger partial charge in [0.1, 0.15) is 5.69 Å². The van der Waals surface area contributed by atoms with E-state index in [4.69, 9.17) is 33.1 Å². The van der Waals surface area contributed by atoms with Crippen LogP contribution in [-0.2, 0) is 16.6 Å². The number of rotatable bonds is 3. The number of hydrogen-bond donors (Lipinski definition) is 2. The van der Waals surface area contributed by atoms with Crippen LogP contribution in [0.2, 0.25) is 10.2 Å². The quantitative estimate of drug-likeness (QED) is 0.222. The lowest BCUT2D eigenvalue weighted by Crippen LogP contribution is -2.30. The molecule has 5 aromatic rings. The number of carboxylic acids is 1. The van der Waals surface area contributed by atoms with Gasteiger partial charge in [0.25, 0.3) is 5.56 Å². The van der Waals surface area contributed by atoms with Crippen LogP contribution in [0, 0.1) is 11.7 Å². The molecule has 49 heavy (non-hydrogen) atoms. The monoisotopic (exact) mass is 721 g/mol. The third-order valence-electron chi connectivity index (χ3n) is 7.60. The summed E-state index contributed by atoms with van der Waals surface area (Å²) in [5.41, 5.74) is 2.11. The summed E-state index contributed by atoms with van der Waals surface area (Å²) in [6.07, 6.45) is 2.45. The minimum atomic E-state index is -5.08. The minimum Gasteiger partial charge on any atom is -0.475 e. The van der Waals surface area contributed by atoms with Crippen molar-refractivity contribution in [2.75, 3.05) is 5.32 Å². The van der Waals surface area contributed by atoms with Crippen molar-refractivity contribution in [2.24, 2.45) is 13.0 Å². The Balaban J connectivity index is 0.000000606. The largest absolute Gasteiger partial charge is 0.490 e. The maximum atomic E-state index is 16.0. The molecule has 1 aliphatic rings. The molecule has 1 aromatic carbocycles. The van der Waals surface area contributed by atoms with Crippen molar-refractivity contribution < 1.29 is 32.3 Å². The fourth-order valence-corrected chi connectivity index (χ4v) is 5.49. The number of carboxylic acid groups (broad SMARTS) is 1. The van der Waals surface area contributed by atoms with E-state index in [9.17, 15) is 22.8 Å². The number of aromatic nitrogens is 8. The van der Waals surface area contributed by atoms with Gasteiger partial charge >= 0.3 is 12.1 Å². The van der Waals surface area contributed by atoms with Crippen LogP contribution in [0.3, 0.4) is 0 Å². The van der Waals surface area contributed by atoms with Crippen molar-refractivity contribution >= 4 is 40.8 Å². The summed E-state index contributed by atoms with van der Waals surface area (Å²) < 4.78 is 52.0. The van der Waals surface area contributed by atoms with Gasteiger partial charge in [-0.2, -0.15) is 22.7 Å². The van der Waals surface area contributed by atoms with Gasteiger partial charge in [-0.1, -0.05) is 41.8 Å². The van der Waals surface area contributed by atoms with E-state index in [2.05, 4.69) is 30.7 Å². The molecule has 1 aliphatic heterocycles. The molecule has 0 fully saturated rings. The highest BCUT2D eigenvalue weighted by Crippen LogP contribution is 2.34. The molecule has 0 aliphatic carbocycles. The van der Waals surface area contributed by atoms with Gasteiger partial charge in [-0.15, -0.1) is 5.10 Å². The highest BCUT2D eigenvalue weighted by atomic mass is 35.5. The Morgan fingerprint density at radius 1 is 1.10 bits per heavy atom. The molecule has 2 atom stereocenters. The lowest BCUT2D eigenvalue weighted by atomic mass is 9.97. The van der Waals surface area contributed by atoms with Crippen LogP contribution in [0.4, 0.5) is 23.2 Å². The molecule has 6 rings (SSSR count). The number of carbonyl (C=O) groups is 2. The topological polar surface area (TPSA) is 163 Å². The van der Waals surface area contributed by atoms with E-state index in [1.807, 2.05) is 13.0 Å². The smallest absolute Gasteiger partial charge is 0.475 e. The highest BCUT2D eigenvalue weighted by Gasteiger charge is 2.38. The number of hydrogen-bond acceptors (Lipinski definition) is 8. The molecule has 256 valence electrons. The zero-order valence-electron chi connectivity index (χ0n) is 25.5. The number of alkyl halides is 3. The van der Waals surface area contributed by atoms with E-state index < -0.39 is 29.6 Å². The second kappa shape index (κ2) is 14.1. The van der Waals surface area contributed by atoms with Crippen LogP contribution in [0.15, 0.2) is 60.0 Å². The average Bonchev–Trinajstić information content (AvgIpc) is 3.64. The van der Waals surface area contributed by atoms with Gasteiger partial charge in [0, 0.05) is 35.3 Å². The first-order valence-corrected chi connectivity index (χ1v) is 15.1. The SMILES string of the molecule is C[C@@H]1CCC[C@H](n2cnc(-c3cc(Cl)ccc3-n3cc(Cl)nn3)c(F)c2=O)c2cc(ccn2)-c2c(cnn2C)NC1=O.O=C(O)C(F)(F)F. The molecule has 1 amide bonds. The molecule has 5 heterocycles. The Morgan fingerprint density at radius 2 is 1.84 bits per heavy atom. The van der Waals surface area contributed by atoms with Gasteiger partial charge in [-0.3, -0.25) is 23.8 Å². The molecule has 0 unspecified atom stereocenters. The lowest BCUT2D eigenvalue weighted by Gasteiger charge is -2.22. The second-order valence-corrected chi connectivity index (χ2v) is 11.7. The lowest BCUT2D eigenvalue weighted by molar-refractivity contribution is -0.192. The van der Waals surface area contributed by atoms with Gasteiger partial charge in [-0.05, 0) is 43.2 Å². The maximum Gasteiger partial charge on any atom is 0.490 e. The summed E-state index contributed by atoms with van der Waals surface area (Å²) in [4.78, 5) is 44.4. The summed E-state index contributed by atoms with van der Waals surface area (Å²) in [5, 5.41) is 22.6. The van der Waals surface area contributed by atoms with E-state index in [-0.39, 0.29) is 28.2 Å². The Kier molecular flexibility index (Phi) is 10.1. The Morgan fingerprint density at radius 3 is 2.51 bits per heavy atom. The van der Waals surface area contributed by atoms with Crippen LogP contribution in [0.5, 0.6) is 0 Å². The minimum absolute atomic E-state index is 0.129. The molecule has 0 saturated heterocycles. The summed E-state index contributed by atoms with van der Waals surface area (Å²) in [6.45, 7) is 1.84. The van der Waals surface area contributed by atoms with E-state index in [0.717, 1.165) is 5.56 Å². The molecule has 2 N–H and O–H groups in total. The van der Waals surface area contributed by atoms with Crippen molar-refractivity contribution in [3.63, 3.8) is 0 Å². The molecule has 0 radical (unpaired) electrons. The van der Waals surface area contributed by atoms with Crippen LogP contribution in [0.1, 0.15) is 37.9 Å². The normalized spacial score (nSPS) is 16.4. The number of anilines is 1. The number of fused-ring (bicyclic) bond motifs is 4.